The van der Waals surface area contributed by atoms with Crippen molar-refractivity contribution in [2.24, 2.45) is 0 Å². The predicted molar refractivity (Wildman–Crippen MR) is 92.4 cm³/mol. The highest BCUT2D eigenvalue weighted by Crippen LogP contribution is 2.40. The number of hydrogen-bond acceptors (Lipinski definition) is 3. The van der Waals surface area contributed by atoms with E-state index in [9.17, 15) is 0 Å². The Kier molecular flexibility index (Phi) is 8.77. The Bertz CT molecular complexity index is 423. The molecule has 0 aromatic heterocycles. The molecule has 1 aromatic carbocycles. The molecule has 0 saturated heterocycles. The molecular weight excluding hydrogens is 330 g/mol. The molecule has 0 aliphatic carbocycles. The lowest BCUT2D eigenvalue weighted by atomic mass is 9.99. The number of methoxy groups -OCH3 is 2. The third kappa shape index (κ3) is 5.19. The zero-order valence-corrected chi connectivity index (χ0v) is 15.3. The fraction of sp³-hybridized carbons (Fsp3) is 0.647. The number of halogens is 1. The lowest BCUT2D eigenvalue weighted by Crippen LogP contribution is -2.22. The number of unbranched alkanes of at least 4 members (excludes halogenated alkanes) is 2. The molecule has 0 saturated carbocycles. The van der Waals surface area contributed by atoms with Crippen LogP contribution in [0, 0.1) is 0 Å². The highest BCUT2D eigenvalue weighted by Gasteiger charge is 2.19. The van der Waals surface area contributed by atoms with E-state index in [0.717, 1.165) is 35.4 Å². The van der Waals surface area contributed by atoms with Crippen molar-refractivity contribution < 1.29 is 9.47 Å². The van der Waals surface area contributed by atoms with E-state index in [1.165, 1.54) is 24.8 Å². The summed E-state index contributed by atoms with van der Waals surface area (Å²) in [4.78, 5) is 0. The lowest BCUT2D eigenvalue weighted by Gasteiger charge is -2.23. The Balaban J connectivity index is 3.01. The minimum absolute atomic E-state index is 0.327. The van der Waals surface area contributed by atoms with Crippen molar-refractivity contribution in [1.82, 2.24) is 5.32 Å². The van der Waals surface area contributed by atoms with E-state index in [-0.39, 0.29) is 0 Å². The third-order valence-electron chi connectivity index (χ3n) is 3.63. The molecule has 1 N–H and O–H groups in total. The zero-order valence-electron chi connectivity index (χ0n) is 13.7. The van der Waals surface area contributed by atoms with Gasteiger partial charge in [-0.05, 0) is 47.4 Å². The van der Waals surface area contributed by atoms with Crippen molar-refractivity contribution in [3.05, 3.63) is 22.2 Å². The molecule has 0 heterocycles. The van der Waals surface area contributed by atoms with Crippen molar-refractivity contribution in [3.8, 4) is 11.5 Å². The third-order valence-corrected chi connectivity index (χ3v) is 4.38. The summed E-state index contributed by atoms with van der Waals surface area (Å²) in [5.41, 5.74) is 1.20. The first kappa shape index (κ1) is 18.3. The molecular formula is C17H28BrNO2. The predicted octanol–water partition coefficient (Wildman–Crippen LogP) is 5.09. The largest absolute Gasteiger partial charge is 0.495 e. The van der Waals surface area contributed by atoms with Gasteiger partial charge in [-0.25, -0.2) is 0 Å². The lowest BCUT2D eigenvalue weighted by molar-refractivity contribution is 0.375. The molecule has 0 spiro atoms. The van der Waals surface area contributed by atoms with Crippen molar-refractivity contribution in [2.75, 3.05) is 20.8 Å². The van der Waals surface area contributed by atoms with Gasteiger partial charge in [0, 0.05) is 11.6 Å². The van der Waals surface area contributed by atoms with Crippen LogP contribution in [0.25, 0.3) is 0 Å². The van der Waals surface area contributed by atoms with Crippen LogP contribution in [0.4, 0.5) is 0 Å². The molecule has 21 heavy (non-hydrogen) atoms. The van der Waals surface area contributed by atoms with Crippen LogP contribution in [-0.4, -0.2) is 20.8 Å². The van der Waals surface area contributed by atoms with E-state index in [1.807, 2.05) is 6.07 Å². The van der Waals surface area contributed by atoms with Crippen LogP contribution in [0.1, 0.15) is 57.6 Å². The monoisotopic (exact) mass is 357 g/mol. The van der Waals surface area contributed by atoms with Gasteiger partial charge in [-0.2, -0.15) is 0 Å². The fourth-order valence-electron chi connectivity index (χ4n) is 2.48. The molecule has 120 valence electrons. The summed E-state index contributed by atoms with van der Waals surface area (Å²) in [6.07, 6.45) is 5.99. The average molecular weight is 358 g/mol. The van der Waals surface area contributed by atoms with Crippen molar-refractivity contribution >= 4 is 15.9 Å². The van der Waals surface area contributed by atoms with Crippen LogP contribution in [0.3, 0.4) is 0 Å². The Hall–Kier alpha value is -0.740. The van der Waals surface area contributed by atoms with Crippen LogP contribution in [0.2, 0.25) is 0 Å². The molecule has 4 heteroatoms. The van der Waals surface area contributed by atoms with Gasteiger partial charge in [0.2, 0.25) is 0 Å². The van der Waals surface area contributed by atoms with Gasteiger partial charge in [0.1, 0.15) is 16.0 Å². The SMILES string of the molecule is CCCCCC(NCCC)c1ccc(OC)c(Br)c1OC. The maximum Gasteiger partial charge on any atom is 0.141 e. The number of hydrogen-bond donors (Lipinski definition) is 1. The van der Waals surface area contributed by atoms with Gasteiger partial charge in [-0.3, -0.25) is 0 Å². The number of rotatable bonds is 10. The smallest absolute Gasteiger partial charge is 0.141 e. The number of benzene rings is 1. The van der Waals surface area contributed by atoms with Crippen LogP contribution in [0.15, 0.2) is 16.6 Å². The van der Waals surface area contributed by atoms with E-state index in [4.69, 9.17) is 9.47 Å². The van der Waals surface area contributed by atoms with Gasteiger partial charge in [0.05, 0.1) is 14.2 Å². The van der Waals surface area contributed by atoms with Crippen molar-refractivity contribution in [1.29, 1.82) is 0 Å². The van der Waals surface area contributed by atoms with Gasteiger partial charge >= 0.3 is 0 Å². The Morgan fingerprint density at radius 3 is 2.43 bits per heavy atom. The second kappa shape index (κ2) is 10.1. The molecule has 1 rings (SSSR count). The maximum absolute atomic E-state index is 5.62. The molecule has 1 atom stereocenters. The second-order valence-electron chi connectivity index (χ2n) is 5.21. The second-order valence-corrected chi connectivity index (χ2v) is 6.00. The summed E-state index contributed by atoms with van der Waals surface area (Å²) in [5, 5.41) is 3.64. The van der Waals surface area contributed by atoms with Gasteiger partial charge in [-0.1, -0.05) is 33.1 Å². The normalized spacial score (nSPS) is 12.2. The zero-order chi connectivity index (χ0) is 15.7. The van der Waals surface area contributed by atoms with Crippen molar-refractivity contribution in [2.45, 2.75) is 52.0 Å². The van der Waals surface area contributed by atoms with Gasteiger partial charge in [0.15, 0.2) is 0 Å². The standard InChI is InChI=1S/C17H28BrNO2/c1-5-7-8-9-14(19-12-6-2)13-10-11-15(20-3)16(18)17(13)21-4/h10-11,14,19H,5-9,12H2,1-4H3. The van der Waals surface area contributed by atoms with Crippen LogP contribution in [-0.2, 0) is 0 Å². The Morgan fingerprint density at radius 2 is 1.86 bits per heavy atom. The quantitative estimate of drug-likeness (QED) is 0.591. The first-order chi connectivity index (χ1) is 10.2. The summed E-state index contributed by atoms with van der Waals surface area (Å²) >= 11 is 3.59. The molecule has 0 aliphatic rings. The molecule has 1 unspecified atom stereocenters. The summed E-state index contributed by atoms with van der Waals surface area (Å²) in [7, 11) is 3.39. The summed E-state index contributed by atoms with van der Waals surface area (Å²) in [5.74, 6) is 1.68. The van der Waals surface area contributed by atoms with Crippen molar-refractivity contribution in [3.63, 3.8) is 0 Å². The van der Waals surface area contributed by atoms with E-state index in [0.29, 0.717) is 6.04 Å². The first-order valence-electron chi connectivity index (χ1n) is 7.83. The van der Waals surface area contributed by atoms with Gasteiger partial charge in [0.25, 0.3) is 0 Å². The molecule has 0 radical (unpaired) electrons. The highest BCUT2D eigenvalue weighted by atomic mass is 79.9. The molecule has 3 nitrogen and oxygen atoms in total. The van der Waals surface area contributed by atoms with E-state index >= 15 is 0 Å². The van der Waals surface area contributed by atoms with E-state index in [1.54, 1.807) is 14.2 Å². The average Bonchev–Trinajstić information content (AvgIpc) is 2.50. The molecule has 1 aromatic rings. The van der Waals surface area contributed by atoms with Gasteiger partial charge < -0.3 is 14.8 Å². The number of ether oxygens (including phenoxy) is 2. The molecule has 0 amide bonds. The minimum Gasteiger partial charge on any atom is -0.495 e. The summed E-state index contributed by atoms with van der Waals surface area (Å²) < 4.78 is 11.9. The molecule has 0 aliphatic heterocycles. The summed E-state index contributed by atoms with van der Waals surface area (Å²) in [6, 6.07) is 4.44. The van der Waals surface area contributed by atoms with Gasteiger partial charge in [-0.15, -0.1) is 0 Å². The van der Waals surface area contributed by atoms with E-state index < -0.39 is 0 Å². The Morgan fingerprint density at radius 1 is 1.10 bits per heavy atom. The van der Waals surface area contributed by atoms with Crippen LogP contribution >= 0.6 is 15.9 Å². The number of nitrogens with one attached hydrogen (secondary N) is 1. The Labute approximate surface area is 137 Å². The maximum atomic E-state index is 5.62. The minimum atomic E-state index is 0.327. The van der Waals surface area contributed by atoms with E-state index in [2.05, 4.69) is 41.2 Å². The van der Waals surface area contributed by atoms with Crippen LogP contribution < -0.4 is 14.8 Å². The summed E-state index contributed by atoms with van der Waals surface area (Å²) in [6.45, 7) is 5.44. The highest BCUT2D eigenvalue weighted by molar-refractivity contribution is 9.10. The molecule has 0 bridgehead atoms. The first-order valence-corrected chi connectivity index (χ1v) is 8.62. The topological polar surface area (TPSA) is 30.5 Å². The molecule has 0 fully saturated rings. The van der Waals surface area contributed by atoms with Crippen LogP contribution in [0.5, 0.6) is 11.5 Å². The fourth-order valence-corrected chi connectivity index (χ4v) is 3.16.